The summed E-state index contributed by atoms with van der Waals surface area (Å²) in [5, 5.41) is 10.2. The topological polar surface area (TPSA) is 100 Å². The molecule has 9 heteroatoms. The number of aromatic amines is 1. The molecule has 0 bridgehead atoms. The number of H-pyrrole nitrogens is 1. The number of likely N-dealkylation sites (tertiary alicyclic amines) is 1. The van der Waals surface area contributed by atoms with Gasteiger partial charge in [-0.1, -0.05) is 36.4 Å². The Labute approximate surface area is 184 Å². The summed E-state index contributed by atoms with van der Waals surface area (Å²) < 4.78 is 18.9. The zero-order chi connectivity index (χ0) is 22.7. The fourth-order valence-electron chi connectivity index (χ4n) is 3.84. The van der Waals surface area contributed by atoms with E-state index in [-0.39, 0.29) is 36.4 Å². The summed E-state index contributed by atoms with van der Waals surface area (Å²) in [4.78, 5) is 31.4. The molecule has 1 aliphatic rings. The number of methoxy groups -OCH3 is 1. The number of aromatic nitrogens is 3. The summed E-state index contributed by atoms with van der Waals surface area (Å²) in [7, 11) is 1.44. The van der Waals surface area contributed by atoms with E-state index in [1.807, 2.05) is 30.3 Å². The Morgan fingerprint density at radius 1 is 1.22 bits per heavy atom. The molecule has 166 valence electrons. The number of ether oxygens (including phenoxy) is 1. The number of hydrogen-bond acceptors (Lipinski definition) is 5. The average Bonchev–Trinajstić information content (AvgIpc) is 3.43. The Morgan fingerprint density at radius 2 is 2.00 bits per heavy atom. The van der Waals surface area contributed by atoms with Crippen LogP contribution in [0.5, 0.6) is 0 Å². The van der Waals surface area contributed by atoms with Gasteiger partial charge < -0.3 is 15.0 Å². The molecule has 1 aromatic heterocycles. The molecule has 3 aromatic rings. The van der Waals surface area contributed by atoms with Gasteiger partial charge in [-0.05, 0) is 24.6 Å². The smallest absolute Gasteiger partial charge is 0.254 e. The lowest BCUT2D eigenvalue weighted by molar-refractivity contribution is -0.125. The van der Waals surface area contributed by atoms with Crippen molar-refractivity contribution in [1.82, 2.24) is 25.4 Å². The van der Waals surface area contributed by atoms with E-state index in [9.17, 15) is 14.0 Å². The minimum Gasteiger partial charge on any atom is -0.375 e. The highest BCUT2D eigenvalue weighted by Crippen LogP contribution is 2.28. The van der Waals surface area contributed by atoms with Crippen molar-refractivity contribution in [1.29, 1.82) is 0 Å². The summed E-state index contributed by atoms with van der Waals surface area (Å²) in [6, 6.07) is 13.5. The second kappa shape index (κ2) is 9.27. The maximum absolute atomic E-state index is 14.0. The van der Waals surface area contributed by atoms with E-state index in [0.29, 0.717) is 23.8 Å². The molecule has 2 heterocycles. The maximum atomic E-state index is 14.0. The number of nitrogens with one attached hydrogen (secondary N) is 2. The fourth-order valence-corrected chi connectivity index (χ4v) is 3.84. The Hall–Kier alpha value is -3.59. The fraction of sp³-hybridized carbons (Fsp3) is 0.304. The summed E-state index contributed by atoms with van der Waals surface area (Å²) in [5.41, 5.74) is 1.59. The van der Waals surface area contributed by atoms with Crippen LogP contribution >= 0.6 is 0 Å². The summed E-state index contributed by atoms with van der Waals surface area (Å²) in [6.07, 6.45) is 0. The molecule has 0 spiro atoms. The maximum Gasteiger partial charge on any atom is 0.254 e. The minimum absolute atomic E-state index is 0.0913. The number of aryl methyl sites for hydroxylation is 1. The Kier molecular flexibility index (Phi) is 6.27. The molecule has 32 heavy (non-hydrogen) atoms. The number of carbonyl (C=O) groups is 2. The third kappa shape index (κ3) is 4.52. The number of rotatable bonds is 6. The first-order valence-corrected chi connectivity index (χ1v) is 10.3. The highest BCUT2D eigenvalue weighted by molar-refractivity contribution is 5.94. The zero-order valence-electron chi connectivity index (χ0n) is 17.8. The molecular weight excluding hydrogens is 413 g/mol. The van der Waals surface area contributed by atoms with E-state index < -0.39 is 11.9 Å². The van der Waals surface area contributed by atoms with Crippen molar-refractivity contribution in [3.8, 4) is 11.4 Å². The molecule has 0 unspecified atom stereocenters. The first kappa shape index (κ1) is 21.6. The molecule has 0 saturated carbocycles. The number of halogens is 1. The van der Waals surface area contributed by atoms with E-state index in [4.69, 9.17) is 4.74 Å². The van der Waals surface area contributed by atoms with Gasteiger partial charge in [-0.15, -0.1) is 0 Å². The second-order valence-corrected chi connectivity index (χ2v) is 7.80. The van der Waals surface area contributed by atoms with Crippen LogP contribution in [0.25, 0.3) is 11.4 Å². The Morgan fingerprint density at radius 3 is 2.72 bits per heavy atom. The van der Waals surface area contributed by atoms with Gasteiger partial charge in [0.2, 0.25) is 5.91 Å². The number of amides is 2. The van der Waals surface area contributed by atoms with Crippen molar-refractivity contribution in [2.45, 2.75) is 18.9 Å². The predicted octanol–water partition coefficient (Wildman–Crippen LogP) is 2.29. The standard InChI is InChI=1S/C23H24FN5O3/c1-14-8-9-16(10-18(14)24)23(31)29-11-17(19(12-29)25-20(30)13-32-2)22-26-21(27-28-22)15-6-4-3-5-7-15/h3-10,17,19H,11-13H2,1-2H3,(H,25,30)(H,26,27,28)/t17-,19-/m1/s1. The van der Waals surface area contributed by atoms with Gasteiger partial charge in [0.15, 0.2) is 5.82 Å². The molecule has 1 saturated heterocycles. The van der Waals surface area contributed by atoms with Gasteiger partial charge in [0.25, 0.3) is 5.91 Å². The normalized spacial score (nSPS) is 18.0. The van der Waals surface area contributed by atoms with Gasteiger partial charge in [0.05, 0.1) is 12.0 Å². The van der Waals surface area contributed by atoms with E-state index in [0.717, 1.165) is 5.56 Å². The van der Waals surface area contributed by atoms with Crippen LogP contribution in [-0.4, -0.2) is 64.7 Å². The van der Waals surface area contributed by atoms with Crippen molar-refractivity contribution in [3.05, 3.63) is 71.3 Å². The van der Waals surface area contributed by atoms with Crippen LogP contribution in [0.3, 0.4) is 0 Å². The minimum atomic E-state index is -0.431. The first-order valence-electron chi connectivity index (χ1n) is 10.3. The van der Waals surface area contributed by atoms with Crippen molar-refractivity contribution < 1.29 is 18.7 Å². The Bertz CT molecular complexity index is 1120. The van der Waals surface area contributed by atoms with Crippen LogP contribution in [0.15, 0.2) is 48.5 Å². The SMILES string of the molecule is COCC(=O)N[C@@H]1CN(C(=O)c2ccc(C)c(F)c2)C[C@H]1c1nc(-c2ccccc2)n[nH]1. The lowest BCUT2D eigenvalue weighted by Crippen LogP contribution is -2.42. The summed E-state index contributed by atoms with van der Waals surface area (Å²) in [6.45, 7) is 2.11. The molecule has 2 atom stereocenters. The number of nitrogens with zero attached hydrogens (tertiary/aromatic N) is 3. The van der Waals surface area contributed by atoms with Gasteiger partial charge in [-0.3, -0.25) is 14.7 Å². The van der Waals surface area contributed by atoms with Gasteiger partial charge in [0, 0.05) is 31.3 Å². The van der Waals surface area contributed by atoms with E-state index in [1.165, 1.54) is 13.2 Å². The first-order chi connectivity index (χ1) is 15.5. The molecule has 2 aromatic carbocycles. The largest absolute Gasteiger partial charge is 0.375 e. The van der Waals surface area contributed by atoms with Crippen molar-refractivity contribution in [3.63, 3.8) is 0 Å². The molecule has 4 rings (SSSR count). The average molecular weight is 437 g/mol. The Balaban J connectivity index is 1.59. The van der Waals surface area contributed by atoms with Crippen molar-refractivity contribution in [2.24, 2.45) is 0 Å². The van der Waals surface area contributed by atoms with Crippen LogP contribution < -0.4 is 5.32 Å². The van der Waals surface area contributed by atoms with Gasteiger partial charge in [-0.2, -0.15) is 5.10 Å². The van der Waals surface area contributed by atoms with Crippen LogP contribution in [0.1, 0.15) is 27.7 Å². The predicted molar refractivity (Wildman–Crippen MR) is 115 cm³/mol. The molecular formula is C23H24FN5O3. The second-order valence-electron chi connectivity index (χ2n) is 7.80. The number of carbonyl (C=O) groups excluding carboxylic acids is 2. The number of benzene rings is 2. The van der Waals surface area contributed by atoms with Crippen molar-refractivity contribution >= 4 is 11.8 Å². The molecule has 1 aliphatic heterocycles. The highest BCUT2D eigenvalue weighted by Gasteiger charge is 2.39. The van der Waals surface area contributed by atoms with Crippen LogP contribution in [0.2, 0.25) is 0 Å². The van der Waals surface area contributed by atoms with E-state index in [2.05, 4.69) is 20.5 Å². The summed E-state index contributed by atoms with van der Waals surface area (Å²) in [5.74, 6) is -0.231. The molecule has 0 radical (unpaired) electrons. The van der Waals surface area contributed by atoms with Crippen LogP contribution in [-0.2, 0) is 9.53 Å². The third-order valence-electron chi connectivity index (χ3n) is 5.53. The lowest BCUT2D eigenvalue weighted by atomic mass is 10.0. The zero-order valence-corrected chi connectivity index (χ0v) is 17.8. The molecule has 2 N–H and O–H groups in total. The quantitative estimate of drug-likeness (QED) is 0.616. The van der Waals surface area contributed by atoms with E-state index >= 15 is 0 Å². The van der Waals surface area contributed by atoms with Gasteiger partial charge >= 0.3 is 0 Å². The summed E-state index contributed by atoms with van der Waals surface area (Å²) >= 11 is 0. The van der Waals surface area contributed by atoms with Gasteiger partial charge in [0.1, 0.15) is 18.2 Å². The van der Waals surface area contributed by atoms with Gasteiger partial charge in [-0.25, -0.2) is 9.37 Å². The molecule has 8 nitrogen and oxygen atoms in total. The molecule has 2 amide bonds. The van der Waals surface area contributed by atoms with E-state index in [1.54, 1.807) is 24.0 Å². The lowest BCUT2D eigenvalue weighted by Gasteiger charge is -2.18. The highest BCUT2D eigenvalue weighted by atomic mass is 19.1. The van der Waals surface area contributed by atoms with Crippen LogP contribution in [0.4, 0.5) is 4.39 Å². The van der Waals surface area contributed by atoms with Crippen molar-refractivity contribution in [2.75, 3.05) is 26.8 Å². The van der Waals surface area contributed by atoms with Crippen LogP contribution in [0, 0.1) is 12.7 Å². The number of hydrogen-bond donors (Lipinski definition) is 2. The molecule has 0 aliphatic carbocycles. The monoisotopic (exact) mass is 437 g/mol. The third-order valence-corrected chi connectivity index (χ3v) is 5.53. The molecule has 1 fully saturated rings.